The van der Waals surface area contributed by atoms with Crippen LogP contribution in [0.15, 0.2) is 31.1 Å². The molecule has 0 radical (unpaired) electrons. The van der Waals surface area contributed by atoms with Crippen molar-refractivity contribution in [3.8, 4) is 12.5 Å². The van der Waals surface area contributed by atoms with Crippen molar-refractivity contribution in [1.29, 1.82) is 0 Å². The standard InChI is InChI=1S/C20H32N4O2S.C4H8.C2H2O.2C2H6/c1-7-17-14(2)16(12-23-17)8-9-22-19(25)18-13-27-20(4,5)24(18)11-10-21-15(3)26-6;1-3-4-2;1-2-3;2*1-2/h7-9,12,15,18,21,23H,1,10-11,13H2,2-6H3,(H,22,25);3-4H,1-2H3;1,3H;2*1-2H3/b9-8-;4-3-;;;. The van der Waals surface area contributed by atoms with Crippen LogP contribution in [-0.4, -0.2) is 64.0 Å². The molecule has 1 aromatic heterocycles. The van der Waals surface area contributed by atoms with Crippen LogP contribution in [0.25, 0.3) is 12.2 Å². The fourth-order valence-corrected chi connectivity index (χ4v) is 4.45. The number of hydrogen-bond acceptors (Lipinski definition) is 6. The van der Waals surface area contributed by atoms with Gasteiger partial charge in [0.1, 0.15) is 12.3 Å². The van der Waals surface area contributed by atoms with Gasteiger partial charge in [-0.1, -0.05) is 52.8 Å². The number of aliphatic hydroxyl groups excluding tert-OH is 1. The number of aliphatic hydroxyl groups is 1. The molecule has 8 heteroatoms. The average molecular weight is 551 g/mol. The summed E-state index contributed by atoms with van der Waals surface area (Å²) in [6.45, 7) is 25.7. The predicted molar refractivity (Wildman–Crippen MR) is 168 cm³/mol. The van der Waals surface area contributed by atoms with Gasteiger partial charge in [-0.05, 0) is 64.8 Å². The van der Waals surface area contributed by atoms with Crippen LogP contribution >= 0.6 is 11.8 Å². The summed E-state index contributed by atoms with van der Waals surface area (Å²) in [6.07, 6.45) is 16.8. The number of rotatable bonds is 9. The molecule has 38 heavy (non-hydrogen) atoms. The lowest BCUT2D eigenvalue weighted by Crippen LogP contribution is -2.51. The number of carbonyl (C=O) groups is 1. The molecule has 0 aliphatic carbocycles. The van der Waals surface area contributed by atoms with E-state index in [1.807, 2.05) is 91.6 Å². The van der Waals surface area contributed by atoms with Crippen molar-refractivity contribution < 1.29 is 14.6 Å². The van der Waals surface area contributed by atoms with Gasteiger partial charge < -0.3 is 20.1 Å². The normalized spacial score (nSPS) is 16.3. The highest BCUT2D eigenvalue weighted by Gasteiger charge is 2.42. The molecule has 1 aliphatic heterocycles. The van der Waals surface area contributed by atoms with Crippen LogP contribution in [0.2, 0.25) is 0 Å². The van der Waals surface area contributed by atoms with Gasteiger partial charge in [0.05, 0.1) is 10.9 Å². The van der Waals surface area contributed by atoms with Gasteiger partial charge in [0.15, 0.2) is 0 Å². The smallest absolute Gasteiger partial charge is 0.242 e. The third-order valence-corrected chi connectivity index (χ3v) is 6.77. The van der Waals surface area contributed by atoms with E-state index in [2.05, 4.69) is 47.4 Å². The van der Waals surface area contributed by atoms with Crippen molar-refractivity contribution in [3.05, 3.63) is 47.9 Å². The number of H-pyrrole nitrogens is 1. The highest BCUT2D eigenvalue weighted by molar-refractivity contribution is 8.00. The van der Waals surface area contributed by atoms with E-state index in [4.69, 9.17) is 9.84 Å². The number of amides is 1. The van der Waals surface area contributed by atoms with Crippen molar-refractivity contribution in [2.45, 2.75) is 86.4 Å². The van der Waals surface area contributed by atoms with Gasteiger partial charge in [-0.25, -0.2) is 0 Å². The molecular weight excluding hydrogens is 496 g/mol. The predicted octanol–water partition coefficient (Wildman–Crippen LogP) is 6.37. The maximum atomic E-state index is 12.7. The molecule has 0 saturated carbocycles. The average Bonchev–Trinajstić information content (AvgIpc) is 3.44. The van der Waals surface area contributed by atoms with E-state index in [0.717, 1.165) is 35.7 Å². The van der Waals surface area contributed by atoms with Gasteiger partial charge in [-0.2, -0.15) is 0 Å². The molecule has 1 fully saturated rings. The Morgan fingerprint density at radius 3 is 2.37 bits per heavy atom. The number of carbonyl (C=O) groups excluding carboxylic acids is 1. The van der Waals surface area contributed by atoms with Gasteiger partial charge >= 0.3 is 0 Å². The molecule has 1 saturated heterocycles. The number of ether oxygens (including phenoxy) is 1. The third-order valence-electron chi connectivity index (χ3n) is 5.35. The summed E-state index contributed by atoms with van der Waals surface area (Å²) >= 11 is 1.81. The van der Waals surface area contributed by atoms with E-state index in [9.17, 15) is 4.79 Å². The second kappa shape index (κ2) is 24.9. The largest absolute Gasteiger partial charge is 0.462 e. The summed E-state index contributed by atoms with van der Waals surface area (Å²) in [6, 6.07) is -0.148. The molecule has 2 rings (SSSR count). The van der Waals surface area contributed by atoms with Crippen molar-refractivity contribution >= 4 is 29.8 Å². The zero-order chi connectivity index (χ0) is 30.1. The molecule has 0 spiro atoms. The third kappa shape index (κ3) is 15.7. The van der Waals surface area contributed by atoms with Gasteiger partial charge in [-0.3, -0.25) is 15.0 Å². The lowest BCUT2D eigenvalue weighted by molar-refractivity contribution is -0.125. The van der Waals surface area contributed by atoms with E-state index >= 15 is 0 Å². The van der Waals surface area contributed by atoms with Crippen LogP contribution in [0.3, 0.4) is 0 Å². The van der Waals surface area contributed by atoms with Gasteiger partial charge in [0, 0.05) is 44.0 Å². The number of nitrogens with one attached hydrogen (secondary N) is 3. The van der Waals surface area contributed by atoms with Gasteiger partial charge in [0.2, 0.25) is 5.91 Å². The maximum absolute atomic E-state index is 12.7. The maximum Gasteiger partial charge on any atom is 0.242 e. The first-order valence-electron chi connectivity index (χ1n) is 13.2. The number of aromatic amines is 1. The zero-order valence-electron chi connectivity index (χ0n) is 25.6. The summed E-state index contributed by atoms with van der Waals surface area (Å²) < 4.78 is 5.22. The van der Waals surface area contributed by atoms with Gasteiger partial charge in [0.25, 0.3) is 0 Å². The minimum Gasteiger partial charge on any atom is -0.462 e. The molecule has 2 unspecified atom stereocenters. The molecule has 4 N–H and O–H groups in total. The fraction of sp³-hybridized carbons (Fsp3) is 0.567. The zero-order valence-corrected chi connectivity index (χ0v) is 26.5. The number of thioether (sulfide) groups is 1. The molecule has 2 heterocycles. The van der Waals surface area contributed by atoms with E-state index in [1.54, 1.807) is 19.4 Å². The molecule has 2 atom stereocenters. The van der Waals surface area contributed by atoms with Crippen LogP contribution in [0.4, 0.5) is 0 Å². The van der Waals surface area contributed by atoms with Crippen LogP contribution in [0.5, 0.6) is 0 Å². The molecule has 0 aromatic carbocycles. The highest BCUT2D eigenvalue weighted by atomic mass is 32.2. The Hall–Kier alpha value is -2.44. The van der Waals surface area contributed by atoms with E-state index < -0.39 is 0 Å². The first-order chi connectivity index (χ1) is 18.1. The highest BCUT2D eigenvalue weighted by Crippen LogP contribution is 2.38. The SMILES string of the molecule is C#CO.C/C=C\C.C=Cc1[nH]cc(/C=C\NC(=O)C2CSC(C)(C)N2CCNC(C)OC)c1C.CC.CC. The summed E-state index contributed by atoms with van der Waals surface area (Å²) in [4.78, 5) is 18.1. The molecule has 0 bridgehead atoms. The van der Waals surface area contributed by atoms with Crippen LogP contribution < -0.4 is 10.6 Å². The lowest BCUT2D eigenvalue weighted by Gasteiger charge is -2.34. The van der Waals surface area contributed by atoms with E-state index in [0.29, 0.717) is 0 Å². The first-order valence-corrected chi connectivity index (χ1v) is 14.2. The van der Waals surface area contributed by atoms with Crippen LogP contribution in [0.1, 0.15) is 79.1 Å². The van der Waals surface area contributed by atoms with Crippen molar-refractivity contribution in [2.24, 2.45) is 0 Å². The Balaban J connectivity index is -0.000000961. The Morgan fingerprint density at radius 2 is 1.92 bits per heavy atom. The molecule has 1 amide bonds. The summed E-state index contributed by atoms with van der Waals surface area (Å²) in [5.41, 5.74) is 3.16. The van der Waals surface area contributed by atoms with E-state index in [1.165, 1.54) is 6.11 Å². The van der Waals surface area contributed by atoms with Gasteiger partial charge in [-0.15, -0.1) is 11.8 Å². The van der Waals surface area contributed by atoms with Crippen LogP contribution in [0, 0.1) is 19.5 Å². The molecular formula is C30H54N4O3S. The summed E-state index contributed by atoms with van der Waals surface area (Å²) in [5, 5.41) is 13.3. The van der Waals surface area contributed by atoms with Crippen LogP contribution in [-0.2, 0) is 9.53 Å². The Bertz CT molecular complexity index is 837. The van der Waals surface area contributed by atoms with Crippen molar-refractivity contribution in [1.82, 2.24) is 20.5 Å². The summed E-state index contributed by atoms with van der Waals surface area (Å²) in [7, 11) is 1.68. The number of terminal acetylenes is 1. The van der Waals surface area contributed by atoms with E-state index in [-0.39, 0.29) is 23.0 Å². The molecule has 1 aliphatic rings. The number of methoxy groups -OCH3 is 1. The molecule has 218 valence electrons. The number of nitrogens with zero attached hydrogens (tertiary/aromatic N) is 1. The van der Waals surface area contributed by atoms with Crippen molar-refractivity contribution in [3.63, 3.8) is 0 Å². The fourth-order valence-electron chi connectivity index (χ4n) is 3.17. The molecule has 1 aromatic rings. The Kier molecular flexibility index (Phi) is 26.2. The lowest BCUT2D eigenvalue weighted by atomic mass is 10.1. The first kappa shape index (κ1) is 40.1. The second-order valence-electron chi connectivity index (χ2n) is 7.92. The minimum atomic E-state index is -0.148. The second-order valence-corrected chi connectivity index (χ2v) is 9.54. The Morgan fingerprint density at radius 1 is 1.37 bits per heavy atom. The number of allylic oxidation sites excluding steroid dienone is 2. The monoisotopic (exact) mass is 550 g/mol. The number of hydrogen-bond donors (Lipinski definition) is 4. The quantitative estimate of drug-likeness (QED) is 0.162. The van der Waals surface area contributed by atoms with Crippen molar-refractivity contribution in [2.75, 3.05) is 26.0 Å². The minimum absolute atomic E-state index is 0.00336. The number of aromatic nitrogens is 1. The Labute approximate surface area is 237 Å². The molecule has 7 nitrogen and oxygen atoms in total. The summed E-state index contributed by atoms with van der Waals surface area (Å²) in [5.74, 6) is 0.817. The topological polar surface area (TPSA) is 89.6 Å².